The topological polar surface area (TPSA) is 134 Å². The summed E-state index contributed by atoms with van der Waals surface area (Å²) in [5, 5.41) is 31.0. The summed E-state index contributed by atoms with van der Waals surface area (Å²) in [6.45, 7) is -0.145. The van der Waals surface area contributed by atoms with Gasteiger partial charge in [0.15, 0.2) is 5.78 Å². The van der Waals surface area contributed by atoms with E-state index in [1.807, 2.05) is 0 Å². The van der Waals surface area contributed by atoms with Crippen LogP contribution >= 0.6 is 0 Å². The number of fused-ring (bicyclic) bond motifs is 1. The molecule has 29 heavy (non-hydrogen) atoms. The molecule has 0 unspecified atom stereocenters. The number of phenols is 2. The van der Waals surface area contributed by atoms with Crippen molar-refractivity contribution in [2.45, 2.75) is 50.7 Å². The van der Waals surface area contributed by atoms with Gasteiger partial charge in [-0.2, -0.15) is 0 Å². The van der Waals surface area contributed by atoms with Gasteiger partial charge in [-0.1, -0.05) is 0 Å². The van der Waals surface area contributed by atoms with Crippen LogP contribution in [0.15, 0.2) is 18.2 Å². The number of cyclic esters (lactones) is 1. The number of carbonyl (C=O) groups excluding carboxylic acids is 3. The number of hydrogen-bond donors (Lipinski definition) is 3. The number of phenolic OH excluding ortho intramolecular Hbond substituents is 2. The molecule has 5 atom stereocenters. The third-order valence-corrected chi connectivity index (χ3v) is 7.12. The molecule has 3 saturated heterocycles. The minimum atomic E-state index is -1.38. The van der Waals surface area contributed by atoms with Crippen LogP contribution in [0.2, 0.25) is 0 Å². The predicted molar refractivity (Wildman–Crippen MR) is 94.5 cm³/mol. The largest absolute Gasteiger partial charge is 0.508 e. The number of ether oxygens (including phenoxy) is 2. The summed E-state index contributed by atoms with van der Waals surface area (Å²) in [4.78, 5) is 39.6. The third kappa shape index (κ3) is 2.20. The Balaban J connectivity index is 1.56. The fourth-order valence-corrected chi connectivity index (χ4v) is 5.68. The number of hydrogen-bond acceptors (Lipinski definition) is 8. The number of aliphatic hydroxyl groups is 1. The molecule has 0 bridgehead atoms. The minimum absolute atomic E-state index is 0.112. The van der Waals surface area contributed by atoms with Crippen LogP contribution in [-0.2, 0) is 19.1 Å². The summed E-state index contributed by atoms with van der Waals surface area (Å²) < 4.78 is 11.4. The molecule has 154 valence electrons. The maximum absolute atomic E-state index is 13.0. The van der Waals surface area contributed by atoms with Gasteiger partial charge in [0.1, 0.15) is 30.6 Å². The van der Waals surface area contributed by atoms with E-state index in [0.29, 0.717) is 12.8 Å². The van der Waals surface area contributed by atoms with Crippen LogP contribution in [0.5, 0.6) is 11.5 Å². The molecule has 3 N–H and O–H groups in total. The van der Waals surface area contributed by atoms with E-state index in [0.717, 1.165) is 6.07 Å². The van der Waals surface area contributed by atoms with E-state index in [-0.39, 0.29) is 48.8 Å². The zero-order valence-electron chi connectivity index (χ0n) is 15.5. The van der Waals surface area contributed by atoms with Crippen molar-refractivity contribution in [2.24, 2.45) is 10.8 Å². The maximum atomic E-state index is 13.0. The number of aliphatic hydroxyl groups excluding tert-OH is 1. The summed E-state index contributed by atoms with van der Waals surface area (Å²) >= 11 is 0. The second-order valence-corrected chi connectivity index (χ2v) is 8.33. The number of ketones is 1. The van der Waals surface area contributed by atoms with Crippen molar-refractivity contribution < 1.29 is 39.2 Å². The number of nitrogens with zero attached hydrogens (tertiary/aromatic N) is 1. The van der Waals surface area contributed by atoms with E-state index in [1.54, 1.807) is 0 Å². The lowest BCUT2D eigenvalue weighted by Gasteiger charge is -2.51. The average Bonchev–Trinajstić information content (AvgIpc) is 3.30. The average molecular weight is 403 g/mol. The van der Waals surface area contributed by atoms with Crippen molar-refractivity contribution in [3.63, 3.8) is 0 Å². The molecule has 1 aromatic carbocycles. The van der Waals surface area contributed by atoms with Crippen LogP contribution < -0.4 is 0 Å². The molecular weight excluding hydrogens is 382 g/mol. The first kappa shape index (κ1) is 18.4. The molecule has 1 saturated carbocycles. The second-order valence-electron chi connectivity index (χ2n) is 8.33. The number of rotatable bonds is 3. The Bertz CT molecular complexity index is 931. The molecule has 0 aromatic heterocycles. The first-order chi connectivity index (χ1) is 13.8. The lowest BCUT2D eigenvalue weighted by Crippen LogP contribution is -2.66. The van der Waals surface area contributed by atoms with E-state index >= 15 is 0 Å². The highest BCUT2D eigenvalue weighted by molar-refractivity contribution is 6.02. The van der Waals surface area contributed by atoms with Crippen LogP contribution in [-0.4, -0.2) is 63.0 Å². The monoisotopic (exact) mass is 403 g/mol. The van der Waals surface area contributed by atoms with Crippen molar-refractivity contribution >= 4 is 17.7 Å². The second kappa shape index (κ2) is 5.93. The van der Waals surface area contributed by atoms with E-state index in [9.17, 15) is 29.7 Å². The molecule has 4 fully saturated rings. The van der Waals surface area contributed by atoms with E-state index in [2.05, 4.69) is 0 Å². The zero-order valence-corrected chi connectivity index (χ0v) is 15.5. The number of benzene rings is 1. The molecule has 9 heteroatoms. The first-order valence-corrected chi connectivity index (χ1v) is 9.67. The Hall–Kier alpha value is -2.65. The standard InChI is InChI=1S/C20H21NO8/c22-10-1-2-12(23)11(7-10)13(24)8-19-6-5-14-20(19,9-28-18(19)27)17(26)21-15(25)3-4-16(21)29-14/h1-2,7,14,16-17,22-23,26H,3-6,8-9H2/t14-,16+,17-,19+,20-/m0/s1. The molecule has 3 heterocycles. The van der Waals surface area contributed by atoms with E-state index < -0.39 is 41.1 Å². The Morgan fingerprint density at radius 1 is 1.24 bits per heavy atom. The highest BCUT2D eigenvalue weighted by atomic mass is 16.6. The quantitative estimate of drug-likeness (QED) is 0.381. The maximum Gasteiger partial charge on any atom is 0.313 e. The molecular formula is C20H21NO8. The summed E-state index contributed by atoms with van der Waals surface area (Å²) in [6, 6.07) is 3.59. The molecule has 1 amide bonds. The van der Waals surface area contributed by atoms with Crippen LogP contribution in [0.1, 0.15) is 42.5 Å². The molecule has 1 aliphatic carbocycles. The molecule has 1 spiro atoms. The lowest BCUT2D eigenvalue weighted by atomic mass is 9.62. The molecule has 9 nitrogen and oxygen atoms in total. The highest BCUT2D eigenvalue weighted by Crippen LogP contribution is 2.65. The molecule has 4 aliphatic rings. The fourth-order valence-electron chi connectivity index (χ4n) is 5.68. The number of carbonyl (C=O) groups is 3. The first-order valence-electron chi connectivity index (χ1n) is 9.67. The SMILES string of the molecule is O=C(C[C@@]12CC[C@@H]3O[C@@H]4CCC(=O)N4[C@@H](O)[C@]31COC2=O)c1cc(O)ccc1O. The zero-order chi connectivity index (χ0) is 20.6. The summed E-state index contributed by atoms with van der Waals surface area (Å²) in [6.07, 6.45) is -1.26. The molecule has 0 radical (unpaired) electrons. The van der Waals surface area contributed by atoms with Crippen molar-refractivity contribution in [1.29, 1.82) is 0 Å². The van der Waals surface area contributed by atoms with Gasteiger partial charge < -0.3 is 24.8 Å². The fraction of sp³-hybridized carbons (Fsp3) is 0.550. The molecule has 5 rings (SSSR count). The van der Waals surface area contributed by atoms with Gasteiger partial charge in [0, 0.05) is 19.3 Å². The van der Waals surface area contributed by atoms with E-state index in [4.69, 9.17) is 9.47 Å². The molecule has 1 aromatic rings. The minimum Gasteiger partial charge on any atom is -0.508 e. The summed E-state index contributed by atoms with van der Waals surface area (Å²) in [5.74, 6) is -1.93. The van der Waals surface area contributed by atoms with Gasteiger partial charge in [-0.3, -0.25) is 19.3 Å². The Morgan fingerprint density at radius 3 is 2.83 bits per heavy atom. The Labute approximate surface area is 165 Å². The Kier molecular flexibility index (Phi) is 3.76. The van der Waals surface area contributed by atoms with Crippen LogP contribution in [0.4, 0.5) is 0 Å². The lowest BCUT2D eigenvalue weighted by molar-refractivity contribution is -0.269. The summed E-state index contributed by atoms with van der Waals surface area (Å²) in [5.41, 5.74) is -2.73. The smallest absolute Gasteiger partial charge is 0.313 e. The van der Waals surface area contributed by atoms with Gasteiger partial charge in [0.25, 0.3) is 0 Å². The van der Waals surface area contributed by atoms with Crippen molar-refractivity contribution in [2.75, 3.05) is 6.61 Å². The highest BCUT2D eigenvalue weighted by Gasteiger charge is 2.76. The normalized spacial score (nSPS) is 37.8. The van der Waals surface area contributed by atoms with Crippen LogP contribution in [0.3, 0.4) is 0 Å². The predicted octanol–water partition coefficient (Wildman–Crippen LogP) is 0.660. The number of esters is 1. The van der Waals surface area contributed by atoms with Crippen molar-refractivity contribution in [3.05, 3.63) is 23.8 Å². The van der Waals surface area contributed by atoms with Gasteiger partial charge >= 0.3 is 5.97 Å². The van der Waals surface area contributed by atoms with Crippen molar-refractivity contribution in [1.82, 2.24) is 4.90 Å². The van der Waals surface area contributed by atoms with Gasteiger partial charge in [-0.15, -0.1) is 0 Å². The number of aromatic hydroxyl groups is 2. The van der Waals surface area contributed by atoms with Gasteiger partial charge in [0.2, 0.25) is 5.91 Å². The summed E-state index contributed by atoms with van der Waals surface area (Å²) in [7, 11) is 0. The number of Topliss-reactive ketones (excluding diaryl/α,β-unsaturated/α-hetero) is 1. The van der Waals surface area contributed by atoms with Gasteiger partial charge in [0.05, 0.1) is 22.5 Å². The number of amides is 1. The van der Waals surface area contributed by atoms with E-state index in [1.165, 1.54) is 17.0 Å². The third-order valence-electron chi connectivity index (χ3n) is 7.12. The van der Waals surface area contributed by atoms with Crippen LogP contribution in [0.25, 0.3) is 0 Å². The van der Waals surface area contributed by atoms with Crippen LogP contribution in [0, 0.1) is 10.8 Å². The van der Waals surface area contributed by atoms with Gasteiger partial charge in [-0.25, -0.2) is 0 Å². The van der Waals surface area contributed by atoms with Crippen molar-refractivity contribution in [3.8, 4) is 11.5 Å². The van der Waals surface area contributed by atoms with Gasteiger partial charge in [-0.05, 0) is 31.0 Å². The Morgan fingerprint density at radius 2 is 2.03 bits per heavy atom. The molecule has 3 aliphatic heterocycles.